The molecule has 0 aliphatic rings. The fraction of sp³-hybridized carbons (Fsp3) is 0.667. The first kappa shape index (κ1) is 26.6. The summed E-state index contributed by atoms with van der Waals surface area (Å²) in [5.41, 5.74) is 4.73. The summed E-state index contributed by atoms with van der Waals surface area (Å²) < 4.78 is 0. The van der Waals surface area contributed by atoms with Crippen LogP contribution in [0.1, 0.15) is 134 Å². The number of aryl methyl sites for hydroxylation is 1. The van der Waals surface area contributed by atoms with Crippen molar-refractivity contribution < 1.29 is 0 Å². The summed E-state index contributed by atoms with van der Waals surface area (Å²) >= 11 is 0. The van der Waals surface area contributed by atoms with E-state index in [1.165, 1.54) is 114 Å². The van der Waals surface area contributed by atoms with E-state index in [2.05, 4.69) is 67.4 Å². The predicted molar refractivity (Wildman–Crippen MR) is 140 cm³/mol. The Hall–Kier alpha value is -1.70. The van der Waals surface area contributed by atoms with Gasteiger partial charge in [0, 0.05) is 11.5 Å². The Morgan fingerprint density at radius 2 is 1.16 bits per heavy atom. The van der Waals surface area contributed by atoms with Crippen molar-refractivity contribution in [1.82, 2.24) is 10.2 Å². The predicted octanol–water partition coefficient (Wildman–Crippen LogP) is 9.68. The zero-order chi connectivity index (χ0) is 22.9. The van der Waals surface area contributed by atoms with Crippen LogP contribution in [0.4, 0.5) is 0 Å². The molecule has 2 heteroatoms. The summed E-state index contributed by atoms with van der Waals surface area (Å²) in [5, 5.41) is 9.05. The van der Waals surface area contributed by atoms with Gasteiger partial charge >= 0.3 is 0 Å². The molecule has 0 amide bonds. The molecule has 0 aliphatic carbocycles. The monoisotopic (exact) mass is 436 g/mol. The van der Waals surface area contributed by atoms with Crippen LogP contribution >= 0.6 is 0 Å². The minimum absolute atomic E-state index is 0.497. The van der Waals surface area contributed by atoms with Crippen LogP contribution in [0.2, 0.25) is 0 Å². The summed E-state index contributed by atoms with van der Waals surface area (Å²) in [6.45, 7) is 6.83. The van der Waals surface area contributed by atoms with E-state index in [1.54, 1.807) is 0 Å². The van der Waals surface area contributed by atoms with Crippen molar-refractivity contribution >= 4 is 0 Å². The highest BCUT2D eigenvalue weighted by Crippen LogP contribution is 2.23. The number of unbranched alkanes of at least 4 members (excludes halogenated alkanes) is 12. The second-order valence-electron chi connectivity index (χ2n) is 9.72. The molecule has 1 aromatic carbocycles. The lowest BCUT2D eigenvalue weighted by Gasteiger charge is -2.10. The molecular formula is C30H48N2. The van der Waals surface area contributed by atoms with Gasteiger partial charge in [0.15, 0.2) is 0 Å². The highest BCUT2D eigenvalue weighted by Gasteiger charge is 2.09. The minimum Gasteiger partial charge on any atom is -0.155 e. The first-order valence-electron chi connectivity index (χ1n) is 13.7. The zero-order valence-electron chi connectivity index (χ0n) is 21.2. The molecule has 0 fully saturated rings. The van der Waals surface area contributed by atoms with E-state index in [-0.39, 0.29) is 0 Å². The van der Waals surface area contributed by atoms with E-state index >= 15 is 0 Å². The third-order valence-electron chi connectivity index (χ3n) is 6.75. The molecule has 0 saturated carbocycles. The molecule has 0 aliphatic heterocycles. The van der Waals surface area contributed by atoms with Crippen LogP contribution in [-0.4, -0.2) is 10.2 Å². The number of hydrogen-bond acceptors (Lipinski definition) is 2. The van der Waals surface area contributed by atoms with Crippen molar-refractivity contribution in [2.24, 2.45) is 0 Å². The molecule has 0 N–H and O–H groups in total. The Balaban J connectivity index is 1.65. The fourth-order valence-electron chi connectivity index (χ4n) is 4.44. The normalized spacial score (nSPS) is 12.2. The molecule has 1 atom stereocenters. The smallest absolute Gasteiger partial charge is 0.0929 e. The van der Waals surface area contributed by atoms with E-state index in [0.717, 1.165) is 11.4 Å². The van der Waals surface area contributed by atoms with Gasteiger partial charge in [-0.15, -0.1) is 0 Å². The fourth-order valence-corrected chi connectivity index (χ4v) is 4.44. The molecule has 2 nitrogen and oxygen atoms in total. The molecule has 2 rings (SSSR count). The van der Waals surface area contributed by atoms with Crippen LogP contribution in [0.15, 0.2) is 36.4 Å². The molecule has 1 aromatic heterocycles. The highest BCUT2D eigenvalue weighted by molar-refractivity contribution is 5.58. The molecule has 0 spiro atoms. The van der Waals surface area contributed by atoms with Crippen molar-refractivity contribution in [3.05, 3.63) is 47.7 Å². The quantitative estimate of drug-likeness (QED) is 0.217. The zero-order valence-corrected chi connectivity index (χ0v) is 21.2. The largest absolute Gasteiger partial charge is 0.155 e. The Bertz CT molecular complexity index is 690. The van der Waals surface area contributed by atoms with Crippen LogP contribution in [-0.2, 0) is 6.42 Å². The van der Waals surface area contributed by atoms with Crippen molar-refractivity contribution in [3.8, 4) is 11.3 Å². The summed E-state index contributed by atoms with van der Waals surface area (Å²) in [4.78, 5) is 0. The standard InChI is InChI=1S/C30H48N2/c1-4-6-8-10-11-12-13-14-15-17-19-27-20-22-28(23-21-27)30-25-24-29(31-32-30)26(3)18-16-9-7-5-2/h20-26H,4-19H2,1-3H3. The summed E-state index contributed by atoms with van der Waals surface area (Å²) in [5.74, 6) is 0.497. The van der Waals surface area contributed by atoms with Gasteiger partial charge in [-0.3, -0.25) is 0 Å². The van der Waals surface area contributed by atoms with Crippen molar-refractivity contribution in [2.75, 3.05) is 0 Å². The first-order chi connectivity index (χ1) is 15.7. The molecular weight excluding hydrogens is 388 g/mol. The van der Waals surface area contributed by atoms with E-state index < -0.39 is 0 Å². The minimum atomic E-state index is 0.497. The molecule has 0 radical (unpaired) electrons. The number of benzene rings is 1. The Morgan fingerprint density at radius 1 is 0.594 bits per heavy atom. The molecule has 2 aromatic rings. The van der Waals surface area contributed by atoms with Crippen molar-refractivity contribution in [3.63, 3.8) is 0 Å². The van der Waals surface area contributed by atoms with Crippen LogP contribution in [0.5, 0.6) is 0 Å². The maximum Gasteiger partial charge on any atom is 0.0929 e. The van der Waals surface area contributed by atoms with Gasteiger partial charge in [-0.25, -0.2) is 0 Å². The highest BCUT2D eigenvalue weighted by atomic mass is 15.1. The maximum atomic E-state index is 4.53. The summed E-state index contributed by atoms with van der Waals surface area (Å²) in [7, 11) is 0. The summed E-state index contributed by atoms with van der Waals surface area (Å²) in [6.07, 6.45) is 21.6. The lowest BCUT2D eigenvalue weighted by atomic mass is 9.98. The van der Waals surface area contributed by atoms with Gasteiger partial charge in [0.2, 0.25) is 0 Å². The van der Waals surface area contributed by atoms with Gasteiger partial charge in [0.05, 0.1) is 11.4 Å². The van der Waals surface area contributed by atoms with Gasteiger partial charge < -0.3 is 0 Å². The molecule has 32 heavy (non-hydrogen) atoms. The van der Waals surface area contributed by atoms with E-state index in [9.17, 15) is 0 Å². The third kappa shape index (κ3) is 10.7. The van der Waals surface area contributed by atoms with Crippen LogP contribution in [0.3, 0.4) is 0 Å². The molecule has 1 unspecified atom stereocenters. The summed E-state index contributed by atoms with van der Waals surface area (Å²) in [6, 6.07) is 13.3. The van der Waals surface area contributed by atoms with Gasteiger partial charge in [-0.2, -0.15) is 10.2 Å². The van der Waals surface area contributed by atoms with E-state index in [1.807, 2.05) is 0 Å². The Kier molecular flexibility index (Phi) is 14.0. The van der Waals surface area contributed by atoms with E-state index in [0.29, 0.717) is 5.92 Å². The molecule has 0 saturated heterocycles. The van der Waals surface area contributed by atoms with Crippen LogP contribution in [0.25, 0.3) is 11.3 Å². The van der Waals surface area contributed by atoms with Gasteiger partial charge in [0.25, 0.3) is 0 Å². The average Bonchev–Trinajstić information content (AvgIpc) is 2.83. The molecule has 0 bridgehead atoms. The topological polar surface area (TPSA) is 25.8 Å². The lowest BCUT2D eigenvalue weighted by molar-refractivity contribution is 0.556. The van der Waals surface area contributed by atoms with Gasteiger partial charge in [0.1, 0.15) is 0 Å². The van der Waals surface area contributed by atoms with Crippen molar-refractivity contribution in [2.45, 2.75) is 129 Å². The second-order valence-corrected chi connectivity index (χ2v) is 9.72. The van der Waals surface area contributed by atoms with E-state index in [4.69, 9.17) is 0 Å². The van der Waals surface area contributed by atoms with Crippen molar-refractivity contribution in [1.29, 1.82) is 0 Å². The maximum absolute atomic E-state index is 4.53. The third-order valence-corrected chi connectivity index (χ3v) is 6.75. The van der Waals surface area contributed by atoms with Gasteiger partial charge in [-0.05, 0) is 37.0 Å². The number of nitrogens with zero attached hydrogens (tertiary/aromatic N) is 2. The van der Waals surface area contributed by atoms with Gasteiger partial charge in [-0.1, -0.05) is 129 Å². The first-order valence-corrected chi connectivity index (χ1v) is 13.7. The number of hydrogen-bond donors (Lipinski definition) is 0. The molecule has 178 valence electrons. The Morgan fingerprint density at radius 3 is 1.72 bits per heavy atom. The second kappa shape index (κ2) is 16.9. The lowest BCUT2D eigenvalue weighted by Crippen LogP contribution is -2.00. The Labute approximate surface area is 198 Å². The number of aromatic nitrogens is 2. The van der Waals surface area contributed by atoms with Crippen LogP contribution < -0.4 is 0 Å². The number of rotatable bonds is 18. The molecule has 1 heterocycles. The SMILES string of the molecule is CCCCCCCCCCCCc1ccc(-c2ccc(C(C)CCCCCC)nn2)cc1. The average molecular weight is 437 g/mol. The van der Waals surface area contributed by atoms with Crippen LogP contribution in [0, 0.1) is 0 Å².